The van der Waals surface area contributed by atoms with Crippen molar-refractivity contribution in [1.29, 1.82) is 0 Å². The molecule has 0 saturated carbocycles. The van der Waals surface area contributed by atoms with Crippen LogP contribution in [0.3, 0.4) is 0 Å². The average molecular weight is 348 g/mol. The molecule has 1 heterocycles. The molecule has 0 aromatic carbocycles. The Balaban J connectivity index is 2.86. The van der Waals surface area contributed by atoms with Crippen molar-refractivity contribution in [3.05, 3.63) is 0 Å². The molecule has 3 unspecified atom stereocenters. The van der Waals surface area contributed by atoms with Crippen LogP contribution in [0, 0.1) is 0 Å². The molecule has 0 radical (unpaired) electrons. The molecule has 0 spiro atoms. The molecule has 1 saturated heterocycles. The lowest BCUT2D eigenvalue weighted by atomic mass is 10.0. The SMILES string of the molecule is CC(C)(C)OC(=O)N1CC(O)C(O)C(O[Si](C)(C)C(C)(C)C)C1. The fourth-order valence-electron chi connectivity index (χ4n) is 2.12. The number of amides is 1. The molecule has 1 aliphatic heterocycles. The molecule has 23 heavy (non-hydrogen) atoms. The maximum atomic E-state index is 12.2. The van der Waals surface area contributed by atoms with Gasteiger partial charge in [-0.1, -0.05) is 20.8 Å². The van der Waals surface area contributed by atoms with Crippen LogP contribution < -0.4 is 0 Å². The third-order valence-corrected chi connectivity index (χ3v) is 8.99. The number of nitrogens with zero attached hydrogens (tertiary/aromatic N) is 1. The summed E-state index contributed by atoms with van der Waals surface area (Å²) in [6.07, 6.45) is -3.13. The minimum absolute atomic E-state index is 0.0220. The van der Waals surface area contributed by atoms with Crippen LogP contribution in [0.1, 0.15) is 41.5 Å². The van der Waals surface area contributed by atoms with Gasteiger partial charge in [-0.3, -0.25) is 0 Å². The molecular formula is C16H33NO5Si. The van der Waals surface area contributed by atoms with Crippen LogP contribution in [0.4, 0.5) is 4.79 Å². The Morgan fingerprint density at radius 2 is 1.61 bits per heavy atom. The first-order valence-corrected chi connectivity index (χ1v) is 11.1. The minimum Gasteiger partial charge on any atom is -0.444 e. The van der Waals surface area contributed by atoms with Gasteiger partial charge < -0.3 is 24.3 Å². The fraction of sp³-hybridized carbons (Fsp3) is 0.938. The minimum atomic E-state index is -2.12. The van der Waals surface area contributed by atoms with Crippen LogP contribution in [0.15, 0.2) is 0 Å². The third-order valence-electron chi connectivity index (χ3n) is 4.49. The summed E-state index contributed by atoms with van der Waals surface area (Å²) in [6.45, 7) is 16.1. The molecular weight excluding hydrogens is 314 g/mol. The predicted molar refractivity (Wildman–Crippen MR) is 91.9 cm³/mol. The van der Waals surface area contributed by atoms with Gasteiger partial charge in [0.15, 0.2) is 8.32 Å². The number of hydrogen-bond acceptors (Lipinski definition) is 5. The average Bonchev–Trinajstić information content (AvgIpc) is 2.30. The van der Waals surface area contributed by atoms with Gasteiger partial charge in [-0.05, 0) is 38.9 Å². The summed E-state index contributed by atoms with van der Waals surface area (Å²) >= 11 is 0. The molecule has 136 valence electrons. The normalized spacial score (nSPS) is 27.0. The van der Waals surface area contributed by atoms with Crippen molar-refractivity contribution >= 4 is 14.4 Å². The summed E-state index contributed by atoms with van der Waals surface area (Å²) in [5.74, 6) is 0. The first-order valence-electron chi connectivity index (χ1n) is 8.16. The van der Waals surface area contributed by atoms with Gasteiger partial charge in [0.25, 0.3) is 0 Å². The van der Waals surface area contributed by atoms with Crippen LogP contribution in [-0.2, 0) is 9.16 Å². The van der Waals surface area contributed by atoms with Crippen LogP contribution >= 0.6 is 0 Å². The van der Waals surface area contributed by atoms with Crippen molar-refractivity contribution in [3.63, 3.8) is 0 Å². The lowest BCUT2D eigenvalue weighted by Gasteiger charge is -2.45. The molecule has 0 aliphatic carbocycles. The Morgan fingerprint density at radius 1 is 1.09 bits per heavy atom. The van der Waals surface area contributed by atoms with E-state index in [9.17, 15) is 15.0 Å². The molecule has 1 rings (SSSR count). The van der Waals surface area contributed by atoms with Crippen molar-refractivity contribution in [1.82, 2.24) is 4.90 Å². The van der Waals surface area contributed by atoms with Crippen molar-refractivity contribution in [3.8, 4) is 0 Å². The highest BCUT2D eigenvalue weighted by Crippen LogP contribution is 2.38. The van der Waals surface area contributed by atoms with Gasteiger partial charge in [0.2, 0.25) is 0 Å². The van der Waals surface area contributed by atoms with Gasteiger partial charge in [0.05, 0.1) is 19.2 Å². The number of piperidine rings is 1. The van der Waals surface area contributed by atoms with Crippen LogP contribution in [0.2, 0.25) is 18.1 Å². The van der Waals surface area contributed by atoms with Crippen molar-refractivity contribution in [2.75, 3.05) is 13.1 Å². The Hall–Kier alpha value is -0.633. The second-order valence-electron chi connectivity index (χ2n) is 8.86. The van der Waals surface area contributed by atoms with E-state index in [0.717, 1.165) is 0 Å². The van der Waals surface area contributed by atoms with Crippen molar-refractivity contribution in [2.24, 2.45) is 0 Å². The summed E-state index contributed by atoms with van der Waals surface area (Å²) in [7, 11) is -2.12. The van der Waals surface area contributed by atoms with E-state index >= 15 is 0 Å². The quantitative estimate of drug-likeness (QED) is 0.750. The highest BCUT2D eigenvalue weighted by Gasteiger charge is 2.45. The molecule has 1 aliphatic rings. The monoisotopic (exact) mass is 347 g/mol. The number of aliphatic hydroxyl groups excluding tert-OH is 2. The number of ether oxygens (including phenoxy) is 1. The van der Waals surface area contributed by atoms with E-state index in [-0.39, 0.29) is 18.1 Å². The van der Waals surface area contributed by atoms with Crippen molar-refractivity contribution < 1.29 is 24.2 Å². The second-order valence-corrected chi connectivity index (χ2v) is 13.6. The lowest BCUT2D eigenvalue weighted by Crippen LogP contribution is -2.61. The second kappa shape index (κ2) is 6.70. The molecule has 1 fully saturated rings. The fourth-order valence-corrected chi connectivity index (χ4v) is 3.44. The summed E-state index contributed by atoms with van der Waals surface area (Å²) < 4.78 is 11.6. The number of carbonyl (C=O) groups excluding carboxylic acids is 1. The molecule has 6 nitrogen and oxygen atoms in total. The zero-order chi connectivity index (χ0) is 18.2. The van der Waals surface area contributed by atoms with Gasteiger partial charge in [-0.15, -0.1) is 0 Å². The maximum Gasteiger partial charge on any atom is 0.410 e. The Morgan fingerprint density at radius 3 is 2.04 bits per heavy atom. The zero-order valence-corrected chi connectivity index (χ0v) is 16.7. The predicted octanol–water partition coefficient (Wildman–Crippen LogP) is 2.35. The van der Waals surface area contributed by atoms with E-state index < -0.39 is 38.3 Å². The van der Waals surface area contributed by atoms with E-state index in [2.05, 4.69) is 33.9 Å². The van der Waals surface area contributed by atoms with E-state index in [4.69, 9.17) is 9.16 Å². The summed E-state index contributed by atoms with van der Waals surface area (Å²) in [4.78, 5) is 13.7. The largest absolute Gasteiger partial charge is 0.444 e. The van der Waals surface area contributed by atoms with Crippen molar-refractivity contribution in [2.45, 2.75) is 83.6 Å². The van der Waals surface area contributed by atoms with E-state index in [1.165, 1.54) is 4.90 Å². The molecule has 3 atom stereocenters. The van der Waals surface area contributed by atoms with E-state index in [1.807, 2.05) is 0 Å². The highest BCUT2D eigenvalue weighted by molar-refractivity contribution is 6.74. The number of rotatable bonds is 2. The molecule has 0 aromatic rings. The molecule has 0 bridgehead atoms. The molecule has 2 N–H and O–H groups in total. The van der Waals surface area contributed by atoms with Crippen LogP contribution in [0.5, 0.6) is 0 Å². The van der Waals surface area contributed by atoms with Crippen LogP contribution in [-0.4, -0.2) is 66.5 Å². The van der Waals surface area contributed by atoms with E-state index in [0.29, 0.717) is 0 Å². The van der Waals surface area contributed by atoms with Gasteiger partial charge in [0.1, 0.15) is 17.8 Å². The summed E-state index contributed by atoms with van der Waals surface area (Å²) in [5.41, 5.74) is -0.603. The van der Waals surface area contributed by atoms with Crippen LogP contribution in [0.25, 0.3) is 0 Å². The first-order chi connectivity index (χ1) is 10.1. The lowest BCUT2D eigenvalue weighted by molar-refractivity contribution is -0.104. The van der Waals surface area contributed by atoms with Gasteiger partial charge in [-0.2, -0.15) is 0 Å². The molecule has 0 aromatic heterocycles. The topological polar surface area (TPSA) is 79.2 Å². The summed E-state index contributed by atoms with van der Waals surface area (Å²) in [5, 5.41) is 20.3. The maximum absolute atomic E-state index is 12.2. The Bertz CT molecular complexity index is 427. The Labute approximate surface area is 140 Å². The highest BCUT2D eigenvalue weighted by atomic mass is 28.4. The Kier molecular flexibility index (Phi) is 5.95. The van der Waals surface area contributed by atoms with Gasteiger partial charge >= 0.3 is 6.09 Å². The first kappa shape index (κ1) is 20.4. The number of likely N-dealkylation sites (tertiary alicyclic amines) is 1. The molecule has 7 heteroatoms. The molecule has 1 amide bonds. The van der Waals surface area contributed by atoms with E-state index in [1.54, 1.807) is 20.8 Å². The third kappa shape index (κ3) is 5.44. The van der Waals surface area contributed by atoms with Gasteiger partial charge in [-0.25, -0.2) is 4.79 Å². The number of β-amino-alcohol motifs (C(OH)–C–C–N with tert-alkyl or cyclic N) is 1. The standard InChI is InChI=1S/C16H33NO5Si/c1-15(2,3)21-14(20)17-9-11(18)13(19)12(10-17)22-23(7,8)16(4,5)6/h11-13,18-19H,9-10H2,1-8H3. The number of hydrogen-bond donors (Lipinski definition) is 2. The summed E-state index contributed by atoms with van der Waals surface area (Å²) in [6, 6.07) is 0. The number of carbonyl (C=O) groups is 1. The van der Waals surface area contributed by atoms with Gasteiger partial charge in [0, 0.05) is 0 Å². The number of aliphatic hydroxyl groups is 2. The smallest absolute Gasteiger partial charge is 0.410 e. The zero-order valence-electron chi connectivity index (χ0n) is 15.7.